The number of phenolic OH excluding ortho intramolecular Hbond substituents is 1. The number of nitrogens with zero attached hydrogens (tertiary/aromatic N) is 6. The maximum Gasteiger partial charge on any atom is 0.236 e. The monoisotopic (exact) mass is 384 g/mol. The van der Waals surface area contributed by atoms with Gasteiger partial charge in [0.2, 0.25) is 5.78 Å². The highest BCUT2D eigenvalue weighted by atomic mass is 16.3. The zero-order chi connectivity index (χ0) is 19.4. The number of hydrogen-bond acceptors (Lipinski definition) is 6. The standard InChI is InChI=1S/C22H20N6O/c29-20-4-2-1-3-18(20)19-14-26-10-7-21(25-22(26)24-19)27-12-16-11-17(13-27)28(16)15-5-8-23-9-6-15/h1-10,14,16-17,29H,11-13H2. The van der Waals surface area contributed by atoms with Gasteiger partial charge in [-0.3, -0.25) is 9.38 Å². The van der Waals surface area contributed by atoms with Gasteiger partial charge >= 0.3 is 0 Å². The molecule has 0 spiro atoms. The maximum atomic E-state index is 10.1. The molecule has 7 nitrogen and oxygen atoms in total. The number of rotatable bonds is 3. The summed E-state index contributed by atoms with van der Waals surface area (Å²) in [7, 11) is 0. The summed E-state index contributed by atoms with van der Waals surface area (Å²) in [6.07, 6.45) is 8.84. The van der Waals surface area contributed by atoms with E-state index in [2.05, 4.69) is 31.9 Å². The number of anilines is 2. The highest BCUT2D eigenvalue weighted by Gasteiger charge is 2.45. The second kappa shape index (κ2) is 6.20. The lowest BCUT2D eigenvalue weighted by Crippen LogP contribution is -2.69. The van der Waals surface area contributed by atoms with E-state index in [0.29, 0.717) is 23.4 Å². The summed E-state index contributed by atoms with van der Waals surface area (Å²) in [5.41, 5.74) is 2.69. The molecule has 2 unspecified atom stereocenters. The number of imidazole rings is 1. The normalized spacial score (nSPS) is 20.7. The number of phenols is 1. The minimum Gasteiger partial charge on any atom is -0.507 e. The summed E-state index contributed by atoms with van der Waals surface area (Å²) < 4.78 is 1.90. The predicted molar refractivity (Wildman–Crippen MR) is 111 cm³/mol. The average Bonchev–Trinajstić information content (AvgIpc) is 3.18. The van der Waals surface area contributed by atoms with Crippen LogP contribution in [0.15, 0.2) is 67.3 Å². The molecule has 0 radical (unpaired) electrons. The first-order valence-corrected chi connectivity index (χ1v) is 9.84. The Labute approximate surface area is 167 Å². The van der Waals surface area contributed by atoms with Gasteiger partial charge in [-0.1, -0.05) is 12.1 Å². The van der Waals surface area contributed by atoms with Crippen LogP contribution in [0.25, 0.3) is 17.0 Å². The van der Waals surface area contributed by atoms with Crippen LogP contribution < -0.4 is 9.80 Å². The number of piperidine rings is 1. The summed E-state index contributed by atoms with van der Waals surface area (Å²) in [5, 5.41) is 10.1. The van der Waals surface area contributed by atoms with Crippen molar-refractivity contribution in [1.29, 1.82) is 0 Å². The molecule has 0 saturated carbocycles. The quantitative estimate of drug-likeness (QED) is 0.586. The molecule has 29 heavy (non-hydrogen) atoms. The van der Waals surface area contributed by atoms with Gasteiger partial charge in [-0.25, -0.2) is 4.98 Å². The van der Waals surface area contributed by atoms with Gasteiger partial charge in [-0.05, 0) is 36.8 Å². The van der Waals surface area contributed by atoms with E-state index in [9.17, 15) is 5.11 Å². The third-order valence-electron chi connectivity index (χ3n) is 5.97. The largest absolute Gasteiger partial charge is 0.507 e. The Morgan fingerprint density at radius 1 is 0.931 bits per heavy atom. The van der Waals surface area contributed by atoms with Crippen LogP contribution in [0.2, 0.25) is 0 Å². The Hall–Kier alpha value is -3.61. The number of fused-ring (bicyclic) bond motifs is 3. The molecule has 0 amide bonds. The summed E-state index contributed by atoms with van der Waals surface area (Å²) in [5.74, 6) is 1.82. The Bertz CT molecular complexity index is 1180. The van der Waals surface area contributed by atoms with Crippen LogP contribution in [0.3, 0.4) is 0 Å². The fourth-order valence-corrected chi connectivity index (χ4v) is 4.59. The summed E-state index contributed by atoms with van der Waals surface area (Å²) >= 11 is 0. The van der Waals surface area contributed by atoms with Crippen molar-refractivity contribution in [1.82, 2.24) is 19.4 Å². The smallest absolute Gasteiger partial charge is 0.236 e. The van der Waals surface area contributed by atoms with Crippen LogP contribution in [0.5, 0.6) is 5.75 Å². The SMILES string of the molecule is Oc1ccccc1-c1cn2ccc(N3CC4CC(C3)N4c3ccncc3)nc2n1. The van der Waals surface area contributed by atoms with E-state index in [4.69, 9.17) is 4.98 Å². The zero-order valence-electron chi connectivity index (χ0n) is 15.8. The van der Waals surface area contributed by atoms with Gasteiger partial charge in [0, 0.05) is 61.2 Å². The molecule has 0 aliphatic carbocycles. The maximum absolute atomic E-state index is 10.1. The van der Waals surface area contributed by atoms with Gasteiger partial charge in [0.1, 0.15) is 11.6 Å². The number of benzene rings is 1. The molecule has 4 aromatic rings. The molecule has 3 saturated heterocycles. The number of aromatic hydroxyl groups is 1. The van der Waals surface area contributed by atoms with Gasteiger partial charge in [-0.2, -0.15) is 4.98 Å². The second-order valence-electron chi connectivity index (χ2n) is 7.70. The summed E-state index contributed by atoms with van der Waals surface area (Å²) in [6, 6.07) is 14.5. The molecule has 3 aromatic heterocycles. The van der Waals surface area contributed by atoms with Crippen molar-refractivity contribution in [2.75, 3.05) is 22.9 Å². The molecule has 1 N–H and O–H groups in total. The molecular formula is C22H20N6O. The van der Waals surface area contributed by atoms with Gasteiger partial charge < -0.3 is 14.9 Å². The van der Waals surface area contributed by atoms with Gasteiger partial charge in [0.25, 0.3) is 0 Å². The lowest BCUT2D eigenvalue weighted by atomic mass is 9.86. The van der Waals surface area contributed by atoms with E-state index in [-0.39, 0.29) is 5.75 Å². The van der Waals surface area contributed by atoms with E-state index >= 15 is 0 Å². The van der Waals surface area contributed by atoms with E-state index < -0.39 is 0 Å². The first kappa shape index (κ1) is 16.4. The van der Waals surface area contributed by atoms with Crippen molar-refractivity contribution in [3.05, 3.63) is 67.3 Å². The van der Waals surface area contributed by atoms with Crippen LogP contribution in [0, 0.1) is 0 Å². The predicted octanol–water partition coefficient (Wildman–Crippen LogP) is 2.96. The van der Waals surface area contributed by atoms with Crippen LogP contribution in [0.1, 0.15) is 6.42 Å². The number of hydrogen-bond donors (Lipinski definition) is 1. The van der Waals surface area contributed by atoms with E-state index in [1.165, 1.54) is 12.1 Å². The molecule has 3 fully saturated rings. The zero-order valence-corrected chi connectivity index (χ0v) is 15.8. The molecule has 1 aromatic carbocycles. The van der Waals surface area contributed by atoms with Crippen molar-refractivity contribution in [3.8, 4) is 17.0 Å². The minimum absolute atomic E-state index is 0.225. The fourth-order valence-electron chi connectivity index (χ4n) is 4.59. The van der Waals surface area contributed by atoms with E-state index in [1.807, 2.05) is 53.5 Å². The molecule has 7 rings (SSSR count). The Kier molecular flexibility index (Phi) is 3.50. The second-order valence-corrected chi connectivity index (χ2v) is 7.70. The van der Waals surface area contributed by atoms with Gasteiger partial charge in [0.15, 0.2) is 0 Å². The van der Waals surface area contributed by atoms with Crippen LogP contribution in [-0.2, 0) is 0 Å². The molecule has 144 valence electrons. The highest BCUT2D eigenvalue weighted by Crippen LogP contribution is 2.38. The third-order valence-corrected chi connectivity index (χ3v) is 5.97. The molecule has 3 aliphatic heterocycles. The Morgan fingerprint density at radius 2 is 1.72 bits per heavy atom. The van der Waals surface area contributed by atoms with Crippen LogP contribution in [-0.4, -0.2) is 49.6 Å². The van der Waals surface area contributed by atoms with E-state index in [0.717, 1.165) is 24.6 Å². The molecule has 6 heterocycles. The van der Waals surface area contributed by atoms with Crippen molar-refractivity contribution >= 4 is 17.3 Å². The van der Waals surface area contributed by atoms with Gasteiger partial charge in [0.05, 0.1) is 5.69 Å². The van der Waals surface area contributed by atoms with Crippen molar-refractivity contribution in [2.24, 2.45) is 0 Å². The first-order valence-electron chi connectivity index (χ1n) is 9.84. The molecule has 3 aliphatic rings. The average molecular weight is 384 g/mol. The topological polar surface area (TPSA) is 69.8 Å². The number of para-hydroxylation sites is 1. The highest BCUT2D eigenvalue weighted by molar-refractivity contribution is 5.68. The van der Waals surface area contributed by atoms with Crippen molar-refractivity contribution in [2.45, 2.75) is 18.5 Å². The number of piperazine rings is 1. The fraction of sp³-hybridized carbons (Fsp3) is 0.227. The van der Waals surface area contributed by atoms with E-state index in [1.54, 1.807) is 6.07 Å². The minimum atomic E-state index is 0.225. The summed E-state index contributed by atoms with van der Waals surface area (Å²) in [6.45, 7) is 1.91. The molecular weight excluding hydrogens is 364 g/mol. The summed E-state index contributed by atoms with van der Waals surface area (Å²) in [4.78, 5) is 18.4. The first-order chi connectivity index (χ1) is 14.3. The number of aromatic nitrogens is 4. The Balaban J connectivity index is 1.27. The third kappa shape index (κ3) is 2.61. The lowest BCUT2D eigenvalue weighted by molar-refractivity contribution is 0.290. The molecule has 7 heteroatoms. The van der Waals surface area contributed by atoms with Gasteiger partial charge in [-0.15, -0.1) is 0 Å². The van der Waals surface area contributed by atoms with Crippen molar-refractivity contribution in [3.63, 3.8) is 0 Å². The van der Waals surface area contributed by atoms with Crippen molar-refractivity contribution < 1.29 is 5.11 Å². The van der Waals surface area contributed by atoms with Crippen LogP contribution in [0.4, 0.5) is 11.5 Å². The van der Waals surface area contributed by atoms with Crippen LogP contribution >= 0.6 is 0 Å². The Morgan fingerprint density at radius 3 is 2.52 bits per heavy atom. The molecule has 2 atom stereocenters. The molecule has 2 bridgehead atoms. The lowest BCUT2D eigenvalue weighted by Gasteiger charge is -2.57. The number of pyridine rings is 1.